The normalized spacial score (nSPS) is 14.5. The Kier molecular flexibility index (Phi) is 2.98. The summed E-state index contributed by atoms with van der Waals surface area (Å²) in [5.74, 6) is 0.504. The van der Waals surface area contributed by atoms with E-state index in [1.54, 1.807) is 19.1 Å². The molecule has 0 aliphatic heterocycles. The molecule has 0 amide bonds. The van der Waals surface area contributed by atoms with Gasteiger partial charge in [-0.1, -0.05) is 0 Å². The summed E-state index contributed by atoms with van der Waals surface area (Å²) < 4.78 is 40.2. The highest BCUT2D eigenvalue weighted by Gasteiger charge is 2.27. The van der Waals surface area contributed by atoms with Gasteiger partial charge in [0.1, 0.15) is 5.76 Å². The van der Waals surface area contributed by atoms with Gasteiger partial charge in [-0.15, -0.1) is 0 Å². The minimum atomic E-state index is -4.18. The van der Waals surface area contributed by atoms with Crippen LogP contribution < -0.4 is 5.32 Å². The summed E-state index contributed by atoms with van der Waals surface area (Å²) in [5.41, 5.74) is 0. The van der Waals surface area contributed by atoms with E-state index < -0.39 is 18.8 Å². The van der Waals surface area contributed by atoms with Crippen LogP contribution in [0.3, 0.4) is 0 Å². The Morgan fingerprint density at radius 1 is 1.54 bits per heavy atom. The van der Waals surface area contributed by atoms with Crippen molar-refractivity contribution >= 4 is 0 Å². The van der Waals surface area contributed by atoms with Crippen LogP contribution in [0.5, 0.6) is 0 Å². The van der Waals surface area contributed by atoms with Crippen LogP contribution in [0.2, 0.25) is 0 Å². The summed E-state index contributed by atoms with van der Waals surface area (Å²) in [6, 6.07) is 2.85. The monoisotopic (exact) mass is 193 g/mol. The lowest BCUT2D eigenvalue weighted by molar-refractivity contribution is -0.126. The van der Waals surface area contributed by atoms with Crippen molar-refractivity contribution in [2.75, 3.05) is 6.54 Å². The fraction of sp³-hybridized carbons (Fsp3) is 0.500. The van der Waals surface area contributed by atoms with Crippen LogP contribution in [0, 0.1) is 0 Å². The van der Waals surface area contributed by atoms with Gasteiger partial charge >= 0.3 is 6.18 Å². The minimum absolute atomic E-state index is 0.420. The van der Waals surface area contributed by atoms with Crippen LogP contribution in [0.4, 0.5) is 13.2 Å². The first-order chi connectivity index (χ1) is 5.99. The highest BCUT2D eigenvalue weighted by molar-refractivity contribution is 5.02. The van der Waals surface area contributed by atoms with Crippen molar-refractivity contribution in [3.8, 4) is 0 Å². The standard InChI is InChI=1S/C8H10F3NO/c1-6(7-3-2-4-13-7)12-5-8(9,10)11/h2-4,6,12H,5H2,1H3/t6-/m1/s1. The Bertz CT molecular complexity index is 242. The molecule has 1 aromatic rings. The Morgan fingerprint density at radius 3 is 2.69 bits per heavy atom. The first kappa shape index (κ1) is 10.1. The quantitative estimate of drug-likeness (QED) is 0.797. The SMILES string of the molecule is C[C@@H](NCC(F)(F)F)c1ccco1. The van der Waals surface area contributed by atoms with E-state index >= 15 is 0 Å². The van der Waals surface area contributed by atoms with Crippen molar-refractivity contribution in [3.63, 3.8) is 0 Å². The molecule has 0 spiro atoms. The molecule has 0 bridgehead atoms. The van der Waals surface area contributed by atoms with Gasteiger partial charge in [-0.2, -0.15) is 13.2 Å². The van der Waals surface area contributed by atoms with Gasteiger partial charge in [0.2, 0.25) is 0 Å². The van der Waals surface area contributed by atoms with Crippen LogP contribution >= 0.6 is 0 Å². The third-order valence-corrected chi connectivity index (χ3v) is 1.58. The van der Waals surface area contributed by atoms with Crippen LogP contribution in [0.1, 0.15) is 18.7 Å². The van der Waals surface area contributed by atoms with Crippen LogP contribution in [0.15, 0.2) is 22.8 Å². The van der Waals surface area contributed by atoms with Crippen molar-refractivity contribution in [2.24, 2.45) is 0 Å². The Labute approximate surface area is 73.7 Å². The first-order valence-electron chi connectivity index (χ1n) is 3.82. The predicted octanol–water partition coefficient (Wildman–Crippen LogP) is 2.49. The summed E-state index contributed by atoms with van der Waals surface area (Å²) in [4.78, 5) is 0. The molecule has 0 unspecified atom stereocenters. The van der Waals surface area contributed by atoms with E-state index in [1.165, 1.54) is 6.26 Å². The zero-order valence-corrected chi connectivity index (χ0v) is 7.06. The largest absolute Gasteiger partial charge is 0.468 e. The van der Waals surface area contributed by atoms with Gasteiger partial charge < -0.3 is 4.42 Å². The fourth-order valence-corrected chi connectivity index (χ4v) is 0.907. The summed E-state index contributed by atoms with van der Waals surface area (Å²) >= 11 is 0. The third kappa shape index (κ3) is 3.50. The van der Waals surface area contributed by atoms with Crippen molar-refractivity contribution in [3.05, 3.63) is 24.2 Å². The molecule has 13 heavy (non-hydrogen) atoms. The third-order valence-electron chi connectivity index (χ3n) is 1.58. The zero-order chi connectivity index (χ0) is 9.90. The Balaban J connectivity index is 2.39. The molecular weight excluding hydrogens is 183 g/mol. The van der Waals surface area contributed by atoms with E-state index in [0.29, 0.717) is 5.76 Å². The van der Waals surface area contributed by atoms with Gasteiger partial charge in [-0.3, -0.25) is 5.32 Å². The van der Waals surface area contributed by atoms with Gasteiger partial charge in [-0.05, 0) is 19.1 Å². The van der Waals surface area contributed by atoms with E-state index in [9.17, 15) is 13.2 Å². The van der Waals surface area contributed by atoms with E-state index in [0.717, 1.165) is 0 Å². The second-order valence-corrected chi connectivity index (χ2v) is 2.73. The summed E-state index contributed by atoms with van der Waals surface area (Å²) in [7, 11) is 0. The van der Waals surface area contributed by atoms with Gasteiger partial charge in [-0.25, -0.2) is 0 Å². The van der Waals surface area contributed by atoms with Gasteiger partial charge in [0.15, 0.2) is 0 Å². The van der Waals surface area contributed by atoms with Gasteiger partial charge in [0.25, 0.3) is 0 Å². The fourth-order valence-electron chi connectivity index (χ4n) is 0.907. The van der Waals surface area contributed by atoms with Crippen LogP contribution in [-0.4, -0.2) is 12.7 Å². The number of hydrogen-bond acceptors (Lipinski definition) is 2. The van der Waals surface area contributed by atoms with Crippen molar-refractivity contribution in [1.82, 2.24) is 5.32 Å². The number of rotatable bonds is 3. The molecule has 1 N–H and O–H groups in total. The molecule has 0 aliphatic rings. The second-order valence-electron chi connectivity index (χ2n) is 2.73. The number of nitrogens with one attached hydrogen (secondary N) is 1. The van der Waals surface area contributed by atoms with E-state index in [1.807, 2.05) is 0 Å². The van der Waals surface area contributed by atoms with Crippen LogP contribution in [0.25, 0.3) is 0 Å². The number of furan rings is 1. The lowest BCUT2D eigenvalue weighted by Gasteiger charge is -2.12. The lowest BCUT2D eigenvalue weighted by Crippen LogP contribution is -2.30. The van der Waals surface area contributed by atoms with Gasteiger partial charge in [0.05, 0.1) is 18.8 Å². The highest BCUT2D eigenvalue weighted by atomic mass is 19.4. The maximum atomic E-state index is 11.8. The smallest absolute Gasteiger partial charge is 0.401 e. The van der Waals surface area contributed by atoms with Gasteiger partial charge in [0, 0.05) is 0 Å². The summed E-state index contributed by atoms with van der Waals surface area (Å²) in [6.45, 7) is 0.611. The second kappa shape index (κ2) is 3.83. The van der Waals surface area contributed by atoms with Crippen molar-refractivity contribution in [1.29, 1.82) is 0 Å². The molecular formula is C8H10F3NO. The zero-order valence-electron chi connectivity index (χ0n) is 7.06. The number of halogens is 3. The maximum Gasteiger partial charge on any atom is 0.401 e. The average molecular weight is 193 g/mol. The molecule has 0 saturated heterocycles. The van der Waals surface area contributed by atoms with E-state index in [4.69, 9.17) is 4.42 Å². The Morgan fingerprint density at radius 2 is 2.23 bits per heavy atom. The molecule has 0 aliphatic carbocycles. The topological polar surface area (TPSA) is 25.2 Å². The van der Waals surface area contributed by atoms with E-state index in [2.05, 4.69) is 5.32 Å². The maximum absolute atomic E-state index is 11.8. The predicted molar refractivity (Wildman–Crippen MR) is 41.2 cm³/mol. The molecule has 5 heteroatoms. The molecule has 0 aromatic carbocycles. The molecule has 0 fully saturated rings. The molecule has 1 heterocycles. The summed E-state index contributed by atoms with van der Waals surface area (Å²) in [6.07, 6.45) is -2.75. The van der Waals surface area contributed by atoms with Crippen LogP contribution in [-0.2, 0) is 0 Å². The average Bonchev–Trinajstić information content (AvgIpc) is 2.50. The van der Waals surface area contributed by atoms with E-state index in [-0.39, 0.29) is 0 Å². The number of alkyl halides is 3. The molecule has 1 atom stereocenters. The molecule has 2 nitrogen and oxygen atoms in total. The lowest BCUT2D eigenvalue weighted by atomic mass is 10.2. The Hall–Kier alpha value is -0.970. The minimum Gasteiger partial charge on any atom is -0.468 e. The van der Waals surface area contributed by atoms with Crippen molar-refractivity contribution < 1.29 is 17.6 Å². The van der Waals surface area contributed by atoms with Crippen molar-refractivity contribution in [2.45, 2.75) is 19.1 Å². The molecule has 0 radical (unpaired) electrons. The highest BCUT2D eigenvalue weighted by Crippen LogP contribution is 2.17. The first-order valence-corrected chi connectivity index (χ1v) is 3.82. The molecule has 0 saturated carbocycles. The molecule has 74 valence electrons. The number of hydrogen-bond donors (Lipinski definition) is 1. The molecule has 1 aromatic heterocycles. The molecule has 1 rings (SSSR count). The summed E-state index contributed by atoms with van der Waals surface area (Å²) in [5, 5.41) is 2.31.